The van der Waals surface area contributed by atoms with Crippen molar-refractivity contribution in [2.45, 2.75) is 64.2 Å². The number of aromatic amines is 1. The van der Waals surface area contributed by atoms with Gasteiger partial charge >= 0.3 is 0 Å². The summed E-state index contributed by atoms with van der Waals surface area (Å²) in [6.45, 7) is 1.30. The van der Waals surface area contributed by atoms with Crippen molar-refractivity contribution in [2.24, 2.45) is 11.8 Å². The van der Waals surface area contributed by atoms with Crippen molar-refractivity contribution in [1.82, 2.24) is 15.1 Å². The smallest absolute Gasteiger partial charge is 0.228 e. The largest absolute Gasteiger partial charge is 0.343 e. The maximum absolute atomic E-state index is 12.7. The highest BCUT2D eigenvalue weighted by Crippen LogP contribution is 2.27. The number of likely N-dealkylation sites (tertiary alicyclic amines) is 1. The summed E-state index contributed by atoms with van der Waals surface area (Å²) < 4.78 is 0. The molecule has 1 aliphatic carbocycles. The molecule has 166 valence electrons. The Morgan fingerprint density at radius 3 is 2.52 bits per heavy atom. The van der Waals surface area contributed by atoms with Gasteiger partial charge in [-0.15, -0.1) is 0 Å². The Morgan fingerprint density at radius 1 is 1.03 bits per heavy atom. The summed E-state index contributed by atoms with van der Waals surface area (Å²) in [5.74, 6) is 1.50. The normalized spacial score (nSPS) is 18.1. The second-order valence-corrected chi connectivity index (χ2v) is 9.12. The first-order chi connectivity index (χ1) is 15.2. The maximum Gasteiger partial charge on any atom is 0.228 e. The standard InChI is InChI=1S/C25H34N4O2/c30-24(12-11-19-7-3-1-4-8-19)29-15-13-21(14-16-29)25(31)26-23-18-22(27-28-23)17-20-9-5-2-6-10-20/h1,3-4,7-8,18,20-21H,2,5-6,9-17H2,(H2,26,27,28,31). The molecule has 6 heteroatoms. The minimum absolute atomic E-state index is 0.0205. The summed E-state index contributed by atoms with van der Waals surface area (Å²) in [5.41, 5.74) is 2.30. The predicted octanol–water partition coefficient (Wildman–Crippen LogP) is 4.34. The minimum atomic E-state index is -0.0586. The van der Waals surface area contributed by atoms with Crippen LogP contribution >= 0.6 is 0 Å². The molecular weight excluding hydrogens is 388 g/mol. The molecule has 0 atom stereocenters. The van der Waals surface area contributed by atoms with Crippen LogP contribution in [0.5, 0.6) is 0 Å². The molecule has 6 nitrogen and oxygen atoms in total. The summed E-state index contributed by atoms with van der Waals surface area (Å²) in [6.07, 6.45) is 10.3. The Balaban J connectivity index is 1.19. The molecule has 4 rings (SSSR count). The van der Waals surface area contributed by atoms with E-state index >= 15 is 0 Å². The van der Waals surface area contributed by atoms with E-state index in [4.69, 9.17) is 0 Å². The Morgan fingerprint density at radius 2 is 1.77 bits per heavy atom. The lowest BCUT2D eigenvalue weighted by Gasteiger charge is -2.31. The molecule has 1 aliphatic heterocycles. The molecule has 2 heterocycles. The van der Waals surface area contributed by atoms with Crippen LogP contribution in [-0.4, -0.2) is 40.0 Å². The van der Waals surface area contributed by atoms with Crippen molar-refractivity contribution < 1.29 is 9.59 Å². The third-order valence-corrected chi connectivity index (χ3v) is 6.80. The number of piperidine rings is 1. The summed E-state index contributed by atoms with van der Waals surface area (Å²) in [4.78, 5) is 27.1. The number of aryl methyl sites for hydroxylation is 1. The fraction of sp³-hybridized carbons (Fsp3) is 0.560. The Kier molecular flexibility index (Phi) is 7.39. The number of carbonyl (C=O) groups is 2. The quantitative estimate of drug-likeness (QED) is 0.697. The number of hydrogen-bond donors (Lipinski definition) is 2. The fourth-order valence-electron chi connectivity index (χ4n) is 4.91. The van der Waals surface area contributed by atoms with Crippen LogP contribution in [0, 0.1) is 11.8 Å². The van der Waals surface area contributed by atoms with Gasteiger partial charge in [-0.3, -0.25) is 14.7 Å². The first kappa shape index (κ1) is 21.6. The van der Waals surface area contributed by atoms with Gasteiger partial charge in [-0.2, -0.15) is 5.10 Å². The number of rotatable bonds is 7. The molecule has 0 bridgehead atoms. The molecule has 1 saturated heterocycles. The number of H-pyrrole nitrogens is 1. The molecule has 2 aliphatic rings. The van der Waals surface area contributed by atoms with Crippen LogP contribution in [0.25, 0.3) is 0 Å². The lowest BCUT2D eigenvalue weighted by molar-refractivity contribution is -0.134. The van der Waals surface area contributed by atoms with Crippen LogP contribution in [0.1, 0.15) is 62.6 Å². The minimum Gasteiger partial charge on any atom is -0.343 e. The van der Waals surface area contributed by atoms with E-state index in [0.717, 1.165) is 24.5 Å². The summed E-state index contributed by atoms with van der Waals surface area (Å²) >= 11 is 0. The Hall–Kier alpha value is -2.63. The van der Waals surface area contributed by atoms with E-state index in [9.17, 15) is 9.59 Å². The fourth-order valence-corrected chi connectivity index (χ4v) is 4.91. The van der Waals surface area contributed by atoms with E-state index in [2.05, 4.69) is 27.6 Å². The molecule has 2 fully saturated rings. The van der Waals surface area contributed by atoms with Crippen molar-refractivity contribution >= 4 is 17.6 Å². The maximum atomic E-state index is 12.7. The van der Waals surface area contributed by atoms with Gasteiger partial charge in [0.2, 0.25) is 11.8 Å². The topological polar surface area (TPSA) is 78.1 Å². The highest BCUT2D eigenvalue weighted by atomic mass is 16.2. The Bertz CT molecular complexity index is 849. The first-order valence-corrected chi connectivity index (χ1v) is 11.8. The van der Waals surface area contributed by atoms with Gasteiger partial charge in [0.25, 0.3) is 0 Å². The lowest BCUT2D eigenvalue weighted by atomic mass is 9.86. The number of carbonyl (C=O) groups excluding carboxylic acids is 2. The molecule has 0 spiro atoms. The average molecular weight is 423 g/mol. The van der Waals surface area contributed by atoms with Crippen molar-refractivity contribution in [1.29, 1.82) is 0 Å². The van der Waals surface area contributed by atoms with E-state index in [1.165, 1.54) is 37.7 Å². The average Bonchev–Trinajstić information content (AvgIpc) is 3.25. The van der Waals surface area contributed by atoms with Crippen LogP contribution < -0.4 is 5.32 Å². The number of nitrogens with one attached hydrogen (secondary N) is 2. The summed E-state index contributed by atoms with van der Waals surface area (Å²) in [6, 6.07) is 12.1. The van der Waals surface area contributed by atoms with E-state index < -0.39 is 0 Å². The van der Waals surface area contributed by atoms with E-state index in [1.807, 2.05) is 29.2 Å². The van der Waals surface area contributed by atoms with E-state index in [1.54, 1.807) is 0 Å². The molecule has 1 aromatic heterocycles. The first-order valence-electron chi connectivity index (χ1n) is 11.8. The predicted molar refractivity (Wildman–Crippen MR) is 122 cm³/mol. The molecular formula is C25H34N4O2. The summed E-state index contributed by atoms with van der Waals surface area (Å²) in [7, 11) is 0. The van der Waals surface area contributed by atoms with Gasteiger partial charge in [-0.25, -0.2) is 0 Å². The Labute approximate surface area is 184 Å². The van der Waals surface area contributed by atoms with Crippen molar-refractivity contribution in [3.8, 4) is 0 Å². The molecule has 31 heavy (non-hydrogen) atoms. The zero-order valence-electron chi connectivity index (χ0n) is 18.3. The van der Waals surface area contributed by atoms with Crippen LogP contribution in [0.2, 0.25) is 0 Å². The summed E-state index contributed by atoms with van der Waals surface area (Å²) in [5, 5.41) is 10.4. The SMILES string of the molecule is O=C(Nc1cc(CC2CCCCC2)[nH]n1)C1CCN(C(=O)CCc2ccccc2)CC1. The number of anilines is 1. The number of nitrogens with zero attached hydrogens (tertiary/aromatic N) is 2. The molecule has 2 N–H and O–H groups in total. The highest BCUT2D eigenvalue weighted by Gasteiger charge is 2.27. The van der Waals surface area contributed by atoms with Crippen molar-refractivity contribution in [3.05, 3.63) is 47.7 Å². The number of amides is 2. The molecule has 2 aromatic rings. The zero-order chi connectivity index (χ0) is 21.5. The van der Waals surface area contributed by atoms with Gasteiger partial charge in [-0.05, 0) is 37.2 Å². The zero-order valence-corrected chi connectivity index (χ0v) is 18.3. The van der Waals surface area contributed by atoms with Crippen LogP contribution in [0.15, 0.2) is 36.4 Å². The highest BCUT2D eigenvalue weighted by molar-refractivity contribution is 5.92. The molecule has 0 unspecified atom stereocenters. The number of hydrogen-bond acceptors (Lipinski definition) is 3. The van der Waals surface area contributed by atoms with Gasteiger partial charge < -0.3 is 10.2 Å². The monoisotopic (exact) mass is 422 g/mol. The van der Waals surface area contributed by atoms with Gasteiger partial charge in [0.15, 0.2) is 5.82 Å². The molecule has 1 saturated carbocycles. The van der Waals surface area contributed by atoms with E-state index in [-0.39, 0.29) is 17.7 Å². The van der Waals surface area contributed by atoms with Crippen LogP contribution in [0.3, 0.4) is 0 Å². The van der Waals surface area contributed by atoms with E-state index in [0.29, 0.717) is 38.2 Å². The molecule has 0 radical (unpaired) electrons. The van der Waals surface area contributed by atoms with Gasteiger partial charge in [0, 0.05) is 37.2 Å². The molecule has 2 amide bonds. The second-order valence-electron chi connectivity index (χ2n) is 9.12. The second kappa shape index (κ2) is 10.6. The van der Waals surface area contributed by atoms with Crippen LogP contribution in [0.4, 0.5) is 5.82 Å². The van der Waals surface area contributed by atoms with Gasteiger partial charge in [0.1, 0.15) is 0 Å². The molecule has 1 aromatic carbocycles. The van der Waals surface area contributed by atoms with Gasteiger partial charge in [0.05, 0.1) is 0 Å². The number of benzene rings is 1. The number of aromatic nitrogens is 2. The van der Waals surface area contributed by atoms with Crippen LogP contribution in [-0.2, 0) is 22.4 Å². The lowest BCUT2D eigenvalue weighted by Crippen LogP contribution is -2.41. The van der Waals surface area contributed by atoms with Gasteiger partial charge in [-0.1, -0.05) is 62.4 Å². The van der Waals surface area contributed by atoms with Crippen molar-refractivity contribution in [3.63, 3.8) is 0 Å². The third kappa shape index (κ3) is 6.18. The van der Waals surface area contributed by atoms with Crippen molar-refractivity contribution in [2.75, 3.05) is 18.4 Å². The third-order valence-electron chi connectivity index (χ3n) is 6.80.